The predicted octanol–water partition coefficient (Wildman–Crippen LogP) is 4.23. The Morgan fingerprint density at radius 1 is 1.09 bits per heavy atom. The summed E-state index contributed by atoms with van der Waals surface area (Å²) in [5.41, 5.74) is 4.09. The van der Waals surface area contributed by atoms with Gasteiger partial charge in [-0.15, -0.1) is 11.3 Å². The van der Waals surface area contributed by atoms with Gasteiger partial charge in [-0.3, -0.25) is 4.79 Å². The molecule has 0 aliphatic carbocycles. The van der Waals surface area contributed by atoms with Crippen LogP contribution in [0.3, 0.4) is 0 Å². The van der Waals surface area contributed by atoms with Gasteiger partial charge in [0, 0.05) is 36.2 Å². The number of carbonyl (C=O) groups excluding carboxylic acids is 1. The van der Waals surface area contributed by atoms with Crippen LogP contribution in [0.4, 0.5) is 23.0 Å². The van der Waals surface area contributed by atoms with E-state index in [-0.39, 0.29) is 5.91 Å². The molecule has 4 heterocycles. The number of carbonyl (C=O) groups is 1. The largest absolute Gasteiger partial charge is 0.378 e. The number of nitrogens with one attached hydrogen (secondary N) is 2. The first-order valence-electron chi connectivity index (χ1n) is 10.3. The molecule has 0 spiro atoms. The number of aryl methyl sites for hydroxylation is 1. The lowest BCUT2D eigenvalue weighted by atomic mass is 10.1. The van der Waals surface area contributed by atoms with E-state index >= 15 is 0 Å². The van der Waals surface area contributed by atoms with E-state index in [1.165, 1.54) is 0 Å². The number of fused-ring (bicyclic) bond motifs is 1. The first kappa shape index (κ1) is 20.3. The molecule has 1 aliphatic heterocycles. The van der Waals surface area contributed by atoms with E-state index < -0.39 is 0 Å². The average Bonchev–Trinajstić information content (AvgIpc) is 3.32. The first-order chi connectivity index (χ1) is 15.7. The number of hydrogen-bond acceptors (Lipinski definition) is 8. The molecule has 162 valence electrons. The van der Waals surface area contributed by atoms with Crippen LogP contribution in [-0.2, 0) is 4.74 Å². The van der Waals surface area contributed by atoms with Crippen LogP contribution < -0.4 is 15.5 Å². The lowest BCUT2D eigenvalue weighted by Gasteiger charge is -2.27. The first-order valence-corrected chi connectivity index (χ1v) is 11.2. The second kappa shape index (κ2) is 8.89. The molecule has 2 N–H and O–H groups in total. The molecule has 0 atom stereocenters. The number of anilines is 4. The number of aromatic nitrogens is 3. The summed E-state index contributed by atoms with van der Waals surface area (Å²) in [6, 6.07) is 11.3. The van der Waals surface area contributed by atoms with Gasteiger partial charge in [-0.1, -0.05) is 6.07 Å². The van der Waals surface area contributed by atoms with Crippen LogP contribution in [0, 0.1) is 6.92 Å². The van der Waals surface area contributed by atoms with E-state index in [4.69, 9.17) is 4.74 Å². The average molecular weight is 447 g/mol. The molecule has 0 radical (unpaired) electrons. The molecule has 1 saturated heterocycles. The van der Waals surface area contributed by atoms with Crippen LogP contribution in [0.2, 0.25) is 0 Å². The Morgan fingerprint density at radius 3 is 2.84 bits per heavy atom. The molecule has 0 saturated carbocycles. The zero-order valence-electron chi connectivity index (χ0n) is 17.5. The molecular formula is C23H22N6O2S. The van der Waals surface area contributed by atoms with Gasteiger partial charge in [0.15, 0.2) is 5.82 Å². The minimum absolute atomic E-state index is 0.181. The SMILES string of the molecule is Cc1ccc(NC(=O)c2ccnc(N3CCOCC3)c2)cc1Nc1ncnc2ccsc12. The Hall–Kier alpha value is -3.56. The number of benzene rings is 1. The number of nitrogens with zero attached hydrogens (tertiary/aromatic N) is 4. The van der Waals surface area contributed by atoms with E-state index in [1.807, 2.05) is 42.6 Å². The molecular weight excluding hydrogens is 424 g/mol. The van der Waals surface area contributed by atoms with E-state index in [0.717, 1.165) is 46.2 Å². The van der Waals surface area contributed by atoms with Gasteiger partial charge >= 0.3 is 0 Å². The number of morpholine rings is 1. The highest BCUT2D eigenvalue weighted by Gasteiger charge is 2.15. The lowest BCUT2D eigenvalue weighted by Crippen LogP contribution is -2.36. The van der Waals surface area contributed by atoms with Gasteiger partial charge in [-0.05, 0) is 48.2 Å². The Bertz CT molecular complexity index is 1270. The summed E-state index contributed by atoms with van der Waals surface area (Å²) >= 11 is 1.59. The van der Waals surface area contributed by atoms with E-state index in [9.17, 15) is 4.79 Å². The predicted molar refractivity (Wildman–Crippen MR) is 127 cm³/mol. The van der Waals surface area contributed by atoms with Crippen molar-refractivity contribution < 1.29 is 9.53 Å². The third-order valence-electron chi connectivity index (χ3n) is 5.33. The molecule has 4 aromatic rings. The Balaban J connectivity index is 1.35. The number of ether oxygens (including phenoxy) is 1. The standard InChI is InChI=1S/C23H22N6O2S/c1-15-2-3-17(13-19(15)28-22-21-18(5-11-32-21)25-14-26-22)27-23(30)16-4-6-24-20(12-16)29-7-9-31-10-8-29/h2-6,11-14H,7-10H2,1H3,(H,27,30)(H,25,26,28). The van der Waals surface area contributed by atoms with Crippen LogP contribution in [-0.4, -0.2) is 47.2 Å². The van der Waals surface area contributed by atoms with Crippen LogP contribution in [0.5, 0.6) is 0 Å². The molecule has 8 nitrogen and oxygen atoms in total. The van der Waals surface area contributed by atoms with Gasteiger partial charge in [0.1, 0.15) is 12.1 Å². The maximum Gasteiger partial charge on any atom is 0.255 e. The second-order valence-corrected chi connectivity index (χ2v) is 8.38. The highest BCUT2D eigenvalue weighted by molar-refractivity contribution is 7.17. The van der Waals surface area contributed by atoms with E-state index in [2.05, 4.69) is 30.5 Å². The number of hydrogen-bond donors (Lipinski definition) is 2. The Morgan fingerprint density at radius 2 is 1.97 bits per heavy atom. The number of rotatable bonds is 5. The van der Waals surface area contributed by atoms with Crippen LogP contribution >= 0.6 is 11.3 Å². The minimum atomic E-state index is -0.181. The van der Waals surface area contributed by atoms with Gasteiger partial charge in [-0.2, -0.15) is 0 Å². The van der Waals surface area contributed by atoms with Crippen molar-refractivity contribution in [2.75, 3.05) is 41.8 Å². The molecule has 32 heavy (non-hydrogen) atoms. The van der Waals surface area contributed by atoms with Gasteiger partial charge in [0.25, 0.3) is 5.91 Å². The molecule has 1 aliphatic rings. The maximum absolute atomic E-state index is 12.9. The molecule has 5 rings (SSSR count). The van der Waals surface area contributed by atoms with Crippen molar-refractivity contribution in [3.63, 3.8) is 0 Å². The summed E-state index contributed by atoms with van der Waals surface area (Å²) in [5, 5.41) is 8.37. The van der Waals surface area contributed by atoms with Gasteiger partial charge in [0.05, 0.1) is 23.4 Å². The van der Waals surface area contributed by atoms with Gasteiger partial charge in [0.2, 0.25) is 0 Å². The summed E-state index contributed by atoms with van der Waals surface area (Å²) in [6.45, 7) is 4.89. The van der Waals surface area contributed by atoms with Crippen molar-refractivity contribution in [1.29, 1.82) is 0 Å². The fraction of sp³-hybridized carbons (Fsp3) is 0.217. The van der Waals surface area contributed by atoms with Crippen LogP contribution in [0.25, 0.3) is 10.2 Å². The van der Waals surface area contributed by atoms with Gasteiger partial charge < -0.3 is 20.3 Å². The number of thiophene rings is 1. The molecule has 3 aromatic heterocycles. The van der Waals surface area contributed by atoms with E-state index in [1.54, 1.807) is 29.9 Å². The van der Waals surface area contributed by atoms with Gasteiger partial charge in [-0.25, -0.2) is 15.0 Å². The monoisotopic (exact) mass is 446 g/mol. The van der Waals surface area contributed by atoms with Crippen molar-refractivity contribution in [2.24, 2.45) is 0 Å². The smallest absolute Gasteiger partial charge is 0.255 e. The summed E-state index contributed by atoms with van der Waals surface area (Å²) in [4.78, 5) is 28.1. The number of amides is 1. The van der Waals surface area contributed by atoms with Crippen molar-refractivity contribution in [3.05, 3.63) is 65.4 Å². The third-order valence-corrected chi connectivity index (χ3v) is 6.24. The molecule has 0 bridgehead atoms. The highest BCUT2D eigenvalue weighted by atomic mass is 32.1. The van der Waals surface area contributed by atoms with Crippen LogP contribution in [0.15, 0.2) is 54.3 Å². The van der Waals surface area contributed by atoms with Crippen molar-refractivity contribution >= 4 is 50.5 Å². The molecule has 1 amide bonds. The van der Waals surface area contributed by atoms with Crippen molar-refractivity contribution in [3.8, 4) is 0 Å². The van der Waals surface area contributed by atoms with Crippen molar-refractivity contribution in [2.45, 2.75) is 6.92 Å². The lowest BCUT2D eigenvalue weighted by molar-refractivity contribution is 0.102. The molecule has 1 fully saturated rings. The minimum Gasteiger partial charge on any atom is -0.378 e. The van der Waals surface area contributed by atoms with Crippen molar-refractivity contribution in [1.82, 2.24) is 15.0 Å². The Labute approximate surface area is 189 Å². The van der Waals surface area contributed by atoms with E-state index in [0.29, 0.717) is 24.5 Å². The quantitative estimate of drug-likeness (QED) is 0.474. The number of pyridine rings is 1. The molecule has 0 unspecified atom stereocenters. The third kappa shape index (κ3) is 4.25. The summed E-state index contributed by atoms with van der Waals surface area (Å²) < 4.78 is 6.39. The maximum atomic E-state index is 12.9. The summed E-state index contributed by atoms with van der Waals surface area (Å²) in [6.07, 6.45) is 3.22. The zero-order valence-corrected chi connectivity index (χ0v) is 18.4. The second-order valence-electron chi connectivity index (χ2n) is 7.47. The summed E-state index contributed by atoms with van der Waals surface area (Å²) in [5.74, 6) is 1.36. The Kier molecular flexibility index (Phi) is 5.66. The highest BCUT2D eigenvalue weighted by Crippen LogP contribution is 2.30. The topological polar surface area (TPSA) is 92.3 Å². The molecule has 1 aromatic carbocycles. The van der Waals surface area contributed by atoms with Crippen LogP contribution in [0.1, 0.15) is 15.9 Å². The zero-order chi connectivity index (χ0) is 21.9. The fourth-order valence-electron chi connectivity index (χ4n) is 3.57. The molecule has 9 heteroatoms. The summed E-state index contributed by atoms with van der Waals surface area (Å²) in [7, 11) is 0. The normalized spacial score (nSPS) is 13.8. The fourth-order valence-corrected chi connectivity index (χ4v) is 4.36.